The highest BCUT2D eigenvalue weighted by Gasteiger charge is 2.15. The monoisotopic (exact) mass is 228 g/mol. The van der Waals surface area contributed by atoms with Crippen molar-refractivity contribution in [2.75, 3.05) is 0 Å². The fourth-order valence-electron chi connectivity index (χ4n) is 2.52. The summed E-state index contributed by atoms with van der Waals surface area (Å²) in [6, 6.07) is 14.9. The molecule has 0 heterocycles. The summed E-state index contributed by atoms with van der Waals surface area (Å²) >= 11 is 6.28. The first kappa shape index (κ1) is 9.92. The molecule has 0 unspecified atom stereocenters. The van der Waals surface area contributed by atoms with Crippen LogP contribution in [-0.4, -0.2) is 0 Å². The van der Waals surface area contributed by atoms with Gasteiger partial charge in [-0.1, -0.05) is 48.0 Å². The van der Waals surface area contributed by atoms with Gasteiger partial charge in [0.2, 0.25) is 0 Å². The Labute approximate surface area is 101 Å². The fourth-order valence-corrected chi connectivity index (χ4v) is 2.79. The predicted molar refractivity (Wildman–Crippen MR) is 68.9 cm³/mol. The van der Waals surface area contributed by atoms with E-state index in [-0.39, 0.29) is 0 Å². The molecule has 0 atom stereocenters. The molecule has 0 radical (unpaired) electrons. The SMILES string of the molecule is Clc1cccc2c1CCCc1ccccc1-2. The van der Waals surface area contributed by atoms with Gasteiger partial charge in [-0.05, 0) is 47.6 Å². The Bertz CT molecular complexity index is 529. The van der Waals surface area contributed by atoms with E-state index in [0.29, 0.717) is 0 Å². The molecular weight excluding hydrogens is 216 g/mol. The third-order valence-electron chi connectivity index (χ3n) is 3.30. The van der Waals surface area contributed by atoms with Crippen molar-refractivity contribution in [3.8, 4) is 11.1 Å². The first-order valence-corrected chi connectivity index (χ1v) is 6.10. The molecule has 0 saturated carbocycles. The standard InChI is InChI=1S/C15H13Cl/c16-15-10-4-8-13-12-7-2-1-5-11(12)6-3-9-14(13)15/h1-2,4-5,7-8,10H,3,6,9H2. The van der Waals surface area contributed by atoms with Gasteiger partial charge in [-0.2, -0.15) is 0 Å². The normalized spacial score (nSPS) is 13.8. The maximum Gasteiger partial charge on any atom is 0.0444 e. The van der Waals surface area contributed by atoms with Crippen molar-refractivity contribution in [1.82, 2.24) is 0 Å². The molecule has 80 valence electrons. The Morgan fingerprint density at radius 2 is 1.62 bits per heavy atom. The van der Waals surface area contributed by atoms with Crippen molar-refractivity contribution in [3.05, 3.63) is 58.6 Å². The number of hydrogen-bond donors (Lipinski definition) is 0. The van der Waals surface area contributed by atoms with Crippen molar-refractivity contribution in [2.45, 2.75) is 19.3 Å². The molecule has 2 aromatic rings. The summed E-state index contributed by atoms with van der Waals surface area (Å²) in [5.74, 6) is 0. The van der Waals surface area contributed by atoms with E-state index in [1.807, 2.05) is 12.1 Å². The minimum Gasteiger partial charge on any atom is -0.0840 e. The molecule has 0 nitrogen and oxygen atoms in total. The molecular formula is C15H13Cl. The Kier molecular flexibility index (Phi) is 2.45. The Balaban J connectivity index is 2.30. The third-order valence-corrected chi connectivity index (χ3v) is 3.65. The topological polar surface area (TPSA) is 0 Å². The summed E-state index contributed by atoms with van der Waals surface area (Å²) in [6.07, 6.45) is 3.43. The van der Waals surface area contributed by atoms with E-state index in [2.05, 4.69) is 30.3 Å². The van der Waals surface area contributed by atoms with Crippen LogP contribution in [0, 0.1) is 0 Å². The molecule has 0 aliphatic heterocycles. The number of aryl methyl sites for hydroxylation is 1. The maximum absolute atomic E-state index is 6.28. The van der Waals surface area contributed by atoms with Crippen molar-refractivity contribution < 1.29 is 0 Å². The van der Waals surface area contributed by atoms with E-state index in [1.165, 1.54) is 28.7 Å². The van der Waals surface area contributed by atoms with Crippen molar-refractivity contribution in [3.63, 3.8) is 0 Å². The average Bonchev–Trinajstić information content (AvgIpc) is 2.50. The van der Waals surface area contributed by atoms with Crippen LogP contribution in [0.5, 0.6) is 0 Å². The molecule has 2 aromatic carbocycles. The third kappa shape index (κ3) is 1.54. The molecule has 0 spiro atoms. The molecule has 1 aliphatic carbocycles. The van der Waals surface area contributed by atoms with Gasteiger partial charge in [0, 0.05) is 5.02 Å². The molecule has 0 N–H and O–H groups in total. The Morgan fingerprint density at radius 1 is 0.812 bits per heavy atom. The fraction of sp³-hybridized carbons (Fsp3) is 0.200. The van der Waals surface area contributed by atoms with Crippen LogP contribution >= 0.6 is 11.6 Å². The van der Waals surface area contributed by atoms with Gasteiger partial charge in [-0.15, -0.1) is 0 Å². The van der Waals surface area contributed by atoms with Gasteiger partial charge >= 0.3 is 0 Å². The van der Waals surface area contributed by atoms with E-state index in [9.17, 15) is 0 Å². The molecule has 0 aromatic heterocycles. The largest absolute Gasteiger partial charge is 0.0840 e. The zero-order chi connectivity index (χ0) is 11.0. The highest BCUT2D eigenvalue weighted by molar-refractivity contribution is 6.31. The number of rotatable bonds is 0. The van der Waals surface area contributed by atoms with E-state index in [4.69, 9.17) is 11.6 Å². The van der Waals surface area contributed by atoms with Gasteiger partial charge in [0.05, 0.1) is 0 Å². The van der Waals surface area contributed by atoms with Crippen LogP contribution in [0.25, 0.3) is 11.1 Å². The molecule has 3 rings (SSSR count). The van der Waals surface area contributed by atoms with E-state index < -0.39 is 0 Å². The van der Waals surface area contributed by atoms with E-state index >= 15 is 0 Å². The molecule has 16 heavy (non-hydrogen) atoms. The summed E-state index contributed by atoms with van der Waals surface area (Å²) in [5.41, 5.74) is 5.44. The summed E-state index contributed by atoms with van der Waals surface area (Å²) in [4.78, 5) is 0. The van der Waals surface area contributed by atoms with Crippen LogP contribution in [0.3, 0.4) is 0 Å². The second kappa shape index (κ2) is 3.95. The molecule has 0 amide bonds. The molecule has 0 fully saturated rings. The lowest BCUT2D eigenvalue weighted by Crippen LogP contribution is -1.88. The zero-order valence-corrected chi connectivity index (χ0v) is 9.80. The zero-order valence-electron chi connectivity index (χ0n) is 9.04. The lowest BCUT2D eigenvalue weighted by molar-refractivity contribution is 0.835. The second-order valence-electron chi connectivity index (χ2n) is 4.28. The maximum atomic E-state index is 6.28. The first-order valence-electron chi connectivity index (χ1n) is 5.72. The summed E-state index contributed by atoms with van der Waals surface area (Å²) in [7, 11) is 0. The van der Waals surface area contributed by atoms with Gasteiger partial charge < -0.3 is 0 Å². The van der Waals surface area contributed by atoms with Crippen LogP contribution < -0.4 is 0 Å². The minimum atomic E-state index is 0.911. The van der Waals surface area contributed by atoms with Crippen LogP contribution in [0.1, 0.15) is 17.5 Å². The number of benzene rings is 2. The van der Waals surface area contributed by atoms with Crippen molar-refractivity contribution in [1.29, 1.82) is 0 Å². The average molecular weight is 229 g/mol. The van der Waals surface area contributed by atoms with Crippen molar-refractivity contribution in [2.24, 2.45) is 0 Å². The second-order valence-corrected chi connectivity index (χ2v) is 4.68. The van der Waals surface area contributed by atoms with Crippen LogP contribution in [0.4, 0.5) is 0 Å². The number of halogens is 1. The lowest BCUT2D eigenvalue weighted by atomic mass is 9.97. The van der Waals surface area contributed by atoms with Gasteiger partial charge in [0.1, 0.15) is 0 Å². The molecule has 0 bridgehead atoms. The van der Waals surface area contributed by atoms with Gasteiger partial charge in [0.15, 0.2) is 0 Å². The minimum absolute atomic E-state index is 0.911. The van der Waals surface area contributed by atoms with Crippen LogP contribution in [0.15, 0.2) is 42.5 Å². The van der Waals surface area contributed by atoms with Gasteiger partial charge in [0.25, 0.3) is 0 Å². The van der Waals surface area contributed by atoms with Crippen LogP contribution in [-0.2, 0) is 12.8 Å². The number of fused-ring (bicyclic) bond motifs is 3. The molecule has 1 heteroatoms. The van der Waals surface area contributed by atoms with E-state index in [0.717, 1.165) is 17.9 Å². The Morgan fingerprint density at radius 3 is 2.56 bits per heavy atom. The highest BCUT2D eigenvalue weighted by atomic mass is 35.5. The molecule has 1 aliphatic rings. The summed E-state index contributed by atoms with van der Waals surface area (Å²) < 4.78 is 0. The van der Waals surface area contributed by atoms with Crippen LogP contribution in [0.2, 0.25) is 5.02 Å². The van der Waals surface area contributed by atoms with E-state index in [1.54, 1.807) is 0 Å². The van der Waals surface area contributed by atoms with Gasteiger partial charge in [-0.3, -0.25) is 0 Å². The molecule has 0 saturated heterocycles. The lowest BCUT2D eigenvalue weighted by Gasteiger charge is -2.09. The van der Waals surface area contributed by atoms with Gasteiger partial charge in [-0.25, -0.2) is 0 Å². The summed E-state index contributed by atoms with van der Waals surface area (Å²) in [5, 5.41) is 0.911. The smallest absolute Gasteiger partial charge is 0.0444 e. The summed E-state index contributed by atoms with van der Waals surface area (Å²) in [6.45, 7) is 0. The predicted octanol–water partition coefficient (Wildman–Crippen LogP) is 4.50. The quantitative estimate of drug-likeness (QED) is 0.623. The number of hydrogen-bond acceptors (Lipinski definition) is 0. The van der Waals surface area contributed by atoms with Crippen molar-refractivity contribution >= 4 is 11.6 Å². The first-order chi connectivity index (χ1) is 7.86. The highest BCUT2D eigenvalue weighted by Crippen LogP contribution is 2.35. The Hall–Kier alpha value is -1.27.